The Bertz CT molecular complexity index is 668. The van der Waals surface area contributed by atoms with Crippen molar-refractivity contribution < 1.29 is 5.11 Å². The van der Waals surface area contributed by atoms with E-state index in [0.29, 0.717) is 13.1 Å². The maximum absolute atomic E-state index is 10.9. The van der Waals surface area contributed by atoms with E-state index in [2.05, 4.69) is 32.9 Å². The normalized spacial score (nSPS) is 22.2. The molecular weight excluding hydrogens is 290 g/mol. The van der Waals surface area contributed by atoms with Gasteiger partial charge in [-0.3, -0.25) is 0 Å². The first-order valence-electron chi connectivity index (χ1n) is 8.46. The summed E-state index contributed by atoms with van der Waals surface area (Å²) in [4.78, 5) is 8.98. The van der Waals surface area contributed by atoms with Gasteiger partial charge in [0.1, 0.15) is 5.82 Å². The highest BCUT2D eigenvalue weighted by Gasteiger charge is 2.34. The lowest BCUT2D eigenvalue weighted by molar-refractivity contribution is 0.00343. The second-order valence-corrected chi connectivity index (χ2v) is 6.94. The fourth-order valence-electron chi connectivity index (χ4n) is 3.58. The summed E-state index contributed by atoms with van der Waals surface area (Å²) in [5, 5.41) is 15.4. The van der Waals surface area contributed by atoms with Crippen molar-refractivity contribution >= 4 is 11.5 Å². The molecule has 0 saturated carbocycles. The Kier molecular flexibility index (Phi) is 4.55. The van der Waals surface area contributed by atoms with E-state index in [-0.39, 0.29) is 0 Å². The molecule has 1 saturated heterocycles. The predicted octanol–water partition coefficient (Wildman–Crippen LogP) is 1.57. The standard InChI is InChI=1S/C17H27N5O/c1-4-6-14-11-16(22-15(19-14)7-9-18-22)21-10-5-8-17(23,13-21)12-20(2)3/h7,9,11,23H,4-6,8,10,12-13H2,1-3H3. The van der Waals surface area contributed by atoms with E-state index in [1.54, 1.807) is 6.20 Å². The lowest BCUT2D eigenvalue weighted by Gasteiger charge is -2.41. The molecule has 0 bridgehead atoms. The van der Waals surface area contributed by atoms with Crippen molar-refractivity contribution in [1.29, 1.82) is 0 Å². The highest BCUT2D eigenvalue weighted by atomic mass is 16.3. The summed E-state index contributed by atoms with van der Waals surface area (Å²) in [5.74, 6) is 1.04. The van der Waals surface area contributed by atoms with Gasteiger partial charge in [-0.15, -0.1) is 0 Å². The number of rotatable bonds is 5. The number of hydrogen-bond donors (Lipinski definition) is 1. The Balaban J connectivity index is 1.93. The molecule has 0 aliphatic carbocycles. The molecule has 6 heteroatoms. The van der Waals surface area contributed by atoms with E-state index in [1.807, 2.05) is 24.7 Å². The maximum atomic E-state index is 10.9. The van der Waals surface area contributed by atoms with Gasteiger partial charge in [0, 0.05) is 37.5 Å². The average Bonchev–Trinajstić information content (AvgIpc) is 2.93. The summed E-state index contributed by atoms with van der Waals surface area (Å²) in [6.45, 7) is 4.42. The molecule has 3 heterocycles. The SMILES string of the molecule is CCCc1cc(N2CCCC(O)(CN(C)C)C2)n2nccc2n1. The number of β-amino-alcohol motifs (C(OH)–C–C–N with tert-alkyl or cyclic N) is 1. The number of piperidine rings is 1. The first-order valence-corrected chi connectivity index (χ1v) is 8.46. The van der Waals surface area contributed by atoms with Gasteiger partial charge in [0.15, 0.2) is 5.65 Å². The van der Waals surface area contributed by atoms with Crippen LogP contribution in [0.5, 0.6) is 0 Å². The molecule has 126 valence electrons. The second-order valence-electron chi connectivity index (χ2n) is 6.94. The van der Waals surface area contributed by atoms with E-state index in [4.69, 9.17) is 0 Å². The van der Waals surface area contributed by atoms with Crippen molar-refractivity contribution in [1.82, 2.24) is 19.5 Å². The third kappa shape index (κ3) is 3.48. The van der Waals surface area contributed by atoms with Gasteiger partial charge in [-0.2, -0.15) is 9.61 Å². The van der Waals surface area contributed by atoms with Gasteiger partial charge < -0.3 is 14.9 Å². The van der Waals surface area contributed by atoms with Crippen LogP contribution in [0.15, 0.2) is 18.3 Å². The van der Waals surface area contributed by atoms with Gasteiger partial charge in [-0.05, 0) is 33.4 Å². The summed E-state index contributed by atoms with van der Waals surface area (Å²) in [6.07, 6.45) is 5.65. The largest absolute Gasteiger partial charge is 0.387 e. The van der Waals surface area contributed by atoms with Crippen molar-refractivity contribution in [2.45, 2.75) is 38.2 Å². The Morgan fingerprint density at radius 2 is 2.22 bits per heavy atom. The smallest absolute Gasteiger partial charge is 0.157 e. The molecule has 1 atom stereocenters. The minimum absolute atomic E-state index is 0.635. The van der Waals surface area contributed by atoms with Gasteiger partial charge in [0.2, 0.25) is 0 Å². The summed E-state index contributed by atoms with van der Waals surface area (Å²) in [5.41, 5.74) is 1.31. The van der Waals surface area contributed by atoms with Crippen LogP contribution in [0, 0.1) is 0 Å². The van der Waals surface area contributed by atoms with E-state index in [0.717, 1.165) is 49.4 Å². The third-order valence-electron chi connectivity index (χ3n) is 4.39. The Morgan fingerprint density at radius 1 is 1.39 bits per heavy atom. The Morgan fingerprint density at radius 3 is 2.96 bits per heavy atom. The van der Waals surface area contributed by atoms with Gasteiger partial charge in [0.25, 0.3) is 0 Å². The number of aryl methyl sites for hydroxylation is 1. The summed E-state index contributed by atoms with van der Waals surface area (Å²) in [6, 6.07) is 4.07. The van der Waals surface area contributed by atoms with Gasteiger partial charge in [-0.1, -0.05) is 13.3 Å². The van der Waals surface area contributed by atoms with Crippen molar-refractivity contribution in [3.8, 4) is 0 Å². The van der Waals surface area contributed by atoms with Crippen LogP contribution in [-0.2, 0) is 6.42 Å². The van der Waals surface area contributed by atoms with Crippen LogP contribution in [0.3, 0.4) is 0 Å². The van der Waals surface area contributed by atoms with Crippen LogP contribution in [0.4, 0.5) is 5.82 Å². The van der Waals surface area contributed by atoms with Crippen LogP contribution < -0.4 is 4.90 Å². The quantitative estimate of drug-likeness (QED) is 0.907. The van der Waals surface area contributed by atoms with E-state index in [1.165, 1.54) is 0 Å². The van der Waals surface area contributed by atoms with Crippen molar-refractivity contribution in [2.75, 3.05) is 38.6 Å². The first kappa shape index (κ1) is 16.2. The molecule has 1 aliphatic heterocycles. The molecule has 6 nitrogen and oxygen atoms in total. The molecule has 2 aromatic rings. The van der Waals surface area contributed by atoms with Crippen LogP contribution in [0.2, 0.25) is 0 Å². The second kappa shape index (κ2) is 6.45. The molecule has 2 aromatic heterocycles. The first-order chi connectivity index (χ1) is 11.0. The minimum Gasteiger partial charge on any atom is -0.387 e. The Labute approximate surface area is 137 Å². The van der Waals surface area contributed by atoms with Crippen molar-refractivity contribution in [3.63, 3.8) is 0 Å². The summed E-state index contributed by atoms with van der Waals surface area (Å²) >= 11 is 0. The van der Waals surface area contributed by atoms with Crippen molar-refractivity contribution in [3.05, 3.63) is 24.0 Å². The van der Waals surface area contributed by atoms with E-state index < -0.39 is 5.60 Å². The number of fused-ring (bicyclic) bond motifs is 1. The molecular formula is C17H27N5O. The molecule has 1 unspecified atom stereocenters. The molecule has 1 fully saturated rings. The number of likely N-dealkylation sites (N-methyl/N-ethyl adjacent to an activating group) is 1. The van der Waals surface area contributed by atoms with Crippen molar-refractivity contribution in [2.24, 2.45) is 0 Å². The predicted molar refractivity (Wildman–Crippen MR) is 91.9 cm³/mol. The molecule has 0 aromatic carbocycles. The number of nitrogens with zero attached hydrogens (tertiary/aromatic N) is 5. The number of anilines is 1. The van der Waals surface area contributed by atoms with Crippen LogP contribution >= 0.6 is 0 Å². The zero-order valence-corrected chi connectivity index (χ0v) is 14.4. The molecule has 3 rings (SSSR count). The van der Waals surface area contributed by atoms with Crippen LogP contribution in [0.1, 0.15) is 31.9 Å². The zero-order valence-electron chi connectivity index (χ0n) is 14.4. The molecule has 1 aliphatic rings. The average molecular weight is 317 g/mol. The molecule has 23 heavy (non-hydrogen) atoms. The van der Waals surface area contributed by atoms with E-state index >= 15 is 0 Å². The summed E-state index contributed by atoms with van der Waals surface area (Å²) in [7, 11) is 4.02. The fraction of sp³-hybridized carbons (Fsp3) is 0.647. The molecule has 0 amide bonds. The zero-order chi connectivity index (χ0) is 16.4. The molecule has 1 N–H and O–H groups in total. The van der Waals surface area contributed by atoms with Crippen LogP contribution in [-0.4, -0.2) is 63.9 Å². The Hall–Kier alpha value is -1.66. The maximum Gasteiger partial charge on any atom is 0.157 e. The number of hydrogen-bond acceptors (Lipinski definition) is 5. The lowest BCUT2D eigenvalue weighted by atomic mass is 9.92. The fourth-order valence-corrected chi connectivity index (χ4v) is 3.58. The van der Waals surface area contributed by atoms with Crippen LogP contribution in [0.25, 0.3) is 5.65 Å². The topological polar surface area (TPSA) is 56.9 Å². The highest BCUT2D eigenvalue weighted by Crippen LogP contribution is 2.27. The molecule has 0 radical (unpaired) electrons. The van der Waals surface area contributed by atoms with Gasteiger partial charge in [-0.25, -0.2) is 4.98 Å². The number of aromatic nitrogens is 3. The van der Waals surface area contributed by atoms with Gasteiger partial charge in [0.05, 0.1) is 11.8 Å². The lowest BCUT2D eigenvalue weighted by Crippen LogP contribution is -2.53. The van der Waals surface area contributed by atoms with E-state index in [9.17, 15) is 5.11 Å². The summed E-state index contributed by atoms with van der Waals surface area (Å²) < 4.78 is 1.89. The van der Waals surface area contributed by atoms with Gasteiger partial charge >= 0.3 is 0 Å². The molecule has 0 spiro atoms. The third-order valence-corrected chi connectivity index (χ3v) is 4.39. The number of aliphatic hydroxyl groups is 1. The minimum atomic E-state index is -0.671. The highest BCUT2D eigenvalue weighted by molar-refractivity contribution is 5.51. The monoisotopic (exact) mass is 317 g/mol.